The molecule has 2 rings (SSSR count). The smallest absolute Gasteiger partial charge is 0.249 e. The minimum Gasteiger partial charge on any atom is -0.307 e. The standard InChI is InChI=1S/C16H15FN2O/c1-11-9-12(2)18-15(10-11)19-16(20)8-5-13-3-6-14(17)7-4-13/h3-10H,1-2H3,(H,18,19,20)/b8-5+. The van der Waals surface area contributed by atoms with Gasteiger partial charge in [-0.3, -0.25) is 4.79 Å². The minimum absolute atomic E-state index is 0.271. The third-order valence-corrected chi connectivity index (χ3v) is 2.65. The molecule has 0 saturated heterocycles. The number of carbonyl (C=O) groups excluding carboxylic acids is 1. The minimum atomic E-state index is -0.300. The normalized spacial score (nSPS) is 10.8. The van der Waals surface area contributed by atoms with Crippen LogP contribution in [0.1, 0.15) is 16.8 Å². The van der Waals surface area contributed by atoms with Crippen LogP contribution in [0.2, 0.25) is 0 Å². The number of aryl methyl sites for hydroxylation is 2. The molecule has 1 aromatic carbocycles. The maximum absolute atomic E-state index is 12.7. The van der Waals surface area contributed by atoms with E-state index in [-0.39, 0.29) is 11.7 Å². The van der Waals surface area contributed by atoms with E-state index in [4.69, 9.17) is 0 Å². The molecule has 0 radical (unpaired) electrons. The largest absolute Gasteiger partial charge is 0.307 e. The summed E-state index contributed by atoms with van der Waals surface area (Å²) in [6, 6.07) is 9.65. The summed E-state index contributed by atoms with van der Waals surface area (Å²) in [6.45, 7) is 3.82. The van der Waals surface area contributed by atoms with E-state index in [1.165, 1.54) is 18.2 Å². The van der Waals surface area contributed by atoms with Gasteiger partial charge in [-0.25, -0.2) is 9.37 Å². The fourth-order valence-electron chi connectivity index (χ4n) is 1.82. The molecule has 3 nitrogen and oxygen atoms in total. The number of rotatable bonds is 3. The molecule has 2 aromatic rings. The van der Waals surface area contributed by atoms with Crippen molar-refractivity contribution in [2.24, 2.45) is 0 Å². The van der Waals surface area contributed by atoms with Crippen LogP contribution in [-0.4, -0.2) is 10.9 Å². The summed E-state index contributed by atoms with van der Waals surface area (Å²) in [7, 11) is 0. The maximum Gasteiger partial charge on any atom is 0.249 e. The summed E-state index contributed by atoms with van der Waals surface area (Å²) in [4.78, 5) is 16.0. The number of hydrogen-bond acceptors (Lipinski definition) is 2. The molecular weight excluding hydrogens is 255 g/mol. The number of carbonyl (C=O) groups is 1. The zero-order valence-electron chi connectivity index (χ0n) is 11.4. The first kappa shape index (κ1) is 13.9. The Morgan fingerprint density at radius 3 is 2.55 bits per heavy atom. The van der Waals surface area contributed by atoms with Crippen LogP contribution < -0.4 is 5.32 Å². The predicted octanol–water partition coefficient (Wildman–Crippen LogP) is 3.49. The number of anilines is 1. The highest BCUT2D eigenvalue weighted by atomic mass is 19.1. The zero-order chi connectivity index (χ0) is 14.5. The van der Waals surface area contributed by atoms with Gasteiger partial charge >= 0.3 is 0 Å². The van der Waals surface area contributed by atoms with Crippen molar-refractivity contribution in [1.29, 1.82) is 0 Å². The first-order chi connectivity index (χ1) is 9.52. The van der Waals surface area contributed by atoms with Gasteiger partial charge in [0, 0.05) is 11.8 Å². The Bertz CT molecular complexity index is 628. The van der Waals surface area contributed by atoms with Crippen LogP contribution in [0, 0.1) is 19.7 Å². The lowest BCUT2D eigenvalue weighted by molar-refractivity contribution is -0.111. The van der Waals surface area contributed by atoms with E-state index in [9.17, 15) is 9.18 Å². The molecule has 0 atom stereocenters. The number of halogens is 1. The lowest BCUT2D eigenvalue weighted by atomic mass is 10.2. The van der Waals surface area contributed by atoms with Gasteiger partial charge in [0.25, 0.3) is 0 Å². The molecule has 0 fully saturated rings. The summed E-state index contributed by atoms with van der Waals surface area (Å²) in [5.41, 5.74) is 2.65. The van der Waals surface area contributed by atoms with Gasteiger partial charge in [0.05, 0.1) is 0 Å². The summed E-state index contributed by atoms with van der Waals surface area (Å²) in [5.74, 6) is -0.0471. The molecule has 0 aliphatic rings. The second-order valence-electron chi connectivity index (χ2n) is 4.55. The van der Waals surface area contributed by atoms with E-state index >= 15 is 0 Å². The van der Waals surface area contributed by atoms with Crippen molar-refractivity contribution in [3.63, 3.8) is 0 Å². The molecule has 1 aromatic heterocycles. The fraction of sp³-hybridized carbons (Fsp3) is 0.125. The lowest BCUT2D eigenvalue weighted by Gasteiger charge is -2.04. The van der Waals surface area contributed by atoms with Gasteiger partial charge < -0.3 is 5.32 Å². The summed E-state index contributed by atoms with van der Waals surface area (Å²) in [6.07, 6.45) is 3.02. The van der Waals surface area contributed by atoms with Crippen molar-refractivity contribution in [3.8, 4) is 0 Å². The molecule has 1 heterocycles. The van der Waals surface area contributed by atoms with Crippen LogP contribution in [0.4, 0.5) is 10.2 Å². The van der Waals surface area contributed by atoms with Crippen LogP contribution >= 0.6 is 0 Å². The average molecular weight is 270 g/mol. The third-order valence-electron chi connectivity index (χ3n) is 2.65. The highest BCUT2D eigenvalue weighted by molar-refractivity contribution is 6.01. The number of pyridine rings is 1. The zero-order valence-corrected chi connectivity index (χ0v) is 11.4. The average Bonchev–Trinajstić information content (AvgIpc) is 2.37. The van der Waals surface area contributed by atoms with Gasteiger partial charge in [0.15, 0.2) is 0 Å². The highest BCUT2D eigenvalue weighted by Gasteiger charge is 2.01. The molecule has 0 unspecified atom stereocenters. The molecule has 102 valence electrons. The Balaban J connectivity index is 2.03. The topological polar surface area (TPSA) is 42.0 Å². The summed E-state index contributed by atoms with van der Waals surface area (Å²) in [5, 5.41) is 2.69. The first-order valence-corrected chi connectivity index (χ1v) is 6.23. The van der Waals surface area contributed by atoms with Crippen molar-refractivity contribution >= 4 is 17.8 Å². The van der Waals surface area contributed by atoms with E-state index in [0.717, 1.165) is 16.8 Å². The summed E-state index contributed by atoms with van der Waals surface area (Å²) >= 11 is 0. The molecule has 0 spiro atoms. The monoisotopic (exact) mass is 270 g/mol. The molecule has 1 amide bonds. The molecule has 0 bridgehead atoms. The molecule has 0 aliphatic heterocycles. The number of aromatic nitrogens is 1. The van der Waals surface area contributed by atoms with E-state index in [1.807, 2.05) is 19.9 Å². The molecule has 4 heteroatoms. The molecule has 20 heavy (non-hydrogen) atoms. The van der Waals surface area contributed by atoms with Gasteiger partial charge in [-0.1, -0.05) is 12.1 Å². The predicted molar refractivity (Wildman–Crippen MR) is 77.8 cm³/mol. The number of benzene rings is 1. The van der Waals surface area contributed by atoms with Crippen molar-refractivity contribution in [2.45, 2.75) is 13.8 Å². The Morgan fingerprint density at radius 1 is 1.20 bits per heavy atom. The second-order valence-corrected chi connectivity index (χ2v) is 4.55. The Morgan fingerprint density at radius 2 is 1.90 bits per heavy atom. The molecular formula is C16H15FN2O. The lowest BCUT2D eigenvalue weighted by Crippen LogP contribution is -2.09. The number of hydrogen-bond donors (Lipinski definition) is 1. The quantitative estimate of drug-likeness (QED) is 0.867. The van der Waals surface area contributed by atoms with Crippen molar-refractivity contribution in [1.82, 2.24) is 4.98 Å². The number of nitrogens with zero attached hydrogens (tertiary/aromatic N) is 1. The van der Waals surface area contributed by atoms with Crippen LogP contribution in [0.15, 0.2) is 42.5 Å². The van der Waals surface area contributed by atoms with Crippen LogP contribution in [0.5, 0.6) is 0 Å². The fourth-order valence-corrected chi connectivity index (χ4v) is 1.82. The second kappa shape index (κ2) is 6.10. The van der Waals surface area contributed by atoms with E-state index in [0.29, 0.717) is 5.82 Å². The van der Waals surface area contributed by atoms with Gasteiger partial charge in [-0.05, 0) is 55.3 Å². The molecule has 0 saturated carbocycles. The first-order valence-electron chi connectivity index (χ1n) is 6.23. The Labute approximate surface area is 117 Å². The van der Waals surface area contributed by atoms with E-state index < -0.39 is 0 Å². The highest BCUT2D eigenvalue weighted by Crippen LogP contribution is 2.09. The van der Waals surface area contributed by atoms with Gasteiger partial charge in [0.1, 0.15) is 11.6 Å². The van der Waals surface area contributed by atoms with Crippen molar-refractivity contribution < 1.29 is 9.18 Å². The molecule has 0 aliphatic carbocycles. The van der Waals surface area contributed by atoms with Gasteiger partial charge in [-0.2, -0.15) is 0 Å². The SMILES string of the molecule is Cc1cc(C)nc(NC(=O)/C=C/c2ccc(F)cc2)c1. The van der Waals surface area contributed by atoms with Crippen molar-refractivity contribution in [3.05, 3.63) is 65.1 Å². The Hall–Kier alpha value is -2.49. The third kappa shape index (κ3) is 4.02. The van der Waals surface area contributed by atoms with Crippen LogP contribution in [0.25, 0.3) is 6.08 Å². The summed E-state index contributed by atoms with van der Waals surface area (Å²) < 4.78 is 12.7. The maximum atomic E-state index is 12.7. The van der Waals surface area contributed by atoms with Gasteiger partial charge in [0.2, 0.25) is 5.91 Å². The number of nitrogens with one attached hydrogen (secondary N) is 1. The van der Waals surface area contributed by atoms with E-state index in [2.05, 4.69) is 10.3 Å². The van der Waals surface area contributed by atoms with Crippen LogP contribution in [0.3, 0.4) is 0 Å². The van der Waals surface area contributed by atoms with Crippen molar-refractivity contribution in [2.75, 3.05) is 5.32 Å². The Kier molecular flexibility index (Phi) is 4.25. The van der Waals surface area contributed by atoms with E-state index in [1.54, 1.807) is 24.3 Å². The van der Waals surface area contributed by atoms with Crippen LogP contribution in [-0.2, 0) is 4.79 Å². The number of amides is 1. The van der Waals surface area contributed by atoms with Gasteiger partial charge in [-0.15, -0.1) is 0 Å². The molecule has 1 N–H and O–H groups in total.